The van der Waals surface area contributed by atoms with E-state index >= 15 is 0 Å². The molecule has 1 aliphatic carbocycles. The molecule has 1 saturated carbocycles. The van der Waals surface area contributed by atoms with Crippen LogP contribution in [-0.4, -0.2) is 28.6 Å². The number of hydrogen-bond acceptors (Lipinski definition) is 4. The maximum Gasteiger partial charge on any atom is 0.337 e. The van der Waals surface area contributed by atoms with Crippen molar-refractivity contribution in [1.29, 1.82) is 0 Å². The van der Waals surface area contributed by atoms with E-state index in [9.17, 15) is 14.7 Å². The van der Waals surface area contributed by atoms with Crippen LogP contribution in [-0.2, 0) is 22.0 Å². The predicted molar refractivity (Wildman–Crippen MR) is 116 cm³/mol. The number of carboxylic acids is 1. The number of aromatic nitrogens is 1. The molecule has 2 N–H and O–H groups in total. The van der Waals surface area contributed by atoms with Crippen LogP contribution in [0.3, 0.4) is 0 Å². The van der Waals surface area contributed by atoms with E-state index < -0.39 is 11.4 Å². The van der Waals surface area contributed by atoms with Crippen LogP contribution >= 0.6 is 0 Å². The maximum absolute atomic E-state index is 13.4. The standard InChI is InChI=1S/C25H25NO5/c1-24(2,3)20-11-15-8-14(9-17(23(28)29)22(15)26-20)10-21(27)25(6-7-25)16-4-5-18-19(12-16)31-13-30-18/h4-5,8-9,11-12,26H,6-7,10,13H2,1-3H3,(H,28,29). The summed E-state index contributed by atoms with van der Waals surface area (Å²) in [4.78, 5) is 28.5. The van der Waals surface area contributed by atoms with Gasteiger partial charge >= 0.3 is 5.97 Å². The second-order valence-corrected chi connectivity index (χ2v) is 9.60. The molecule has 0 atom stereocenters. The number of carboxylic acid groups (broad SMARTS) is 1. The molecule has 1 fully saturated rings. The first-order chi connectivity index (χ1) is 14.7. The maximum atomic E-state index is 13.4. The molecule has 1 aliphatic heterocycles. The molecule has 31 heavy (non-hydrogen) atoms. The smallest absolute Gasteiger partial charge is 0.337 e. The third kappa shape index (κ3) is 3.26. The van der Waals surface area contributed by atoms with Crippen molar-refractivity contribution in [2.45, 2.75) is 50.9 Å². The summed E-state index contributed by atoms with van der Waals surface area (Å²) in [5, 5.41) is 10.6. The van der Waals surface area contributed by atoms with E-state index in [0.717, 1.165) is 35.0 Å². The minimum atomic E-state index is -1.00. The number of aromatic amines is 1. The van der Waals surface area contributed by atoms with Crippen molar-refractivity contribution >= 4 is 22.7 Å². The first-order valence-corrected chi connectivity index (χ1v) is 10.5. The highest BCUT2D eigenvalue weighted by molar-refractivity contribution is 6.03. The number of ketones is 1. The number of hydrogen-bond donors (Lipinski definition) is 2. The normalized spacial score (nSPS) is 16.5. The lowest BCUT2D eigenvalue weighted by atomic mass is 9.87. The first kappa shape index (κ1) is 19.7. The van der Waals surface area contributed by atoms with Gasteiger partial charge in [0, 0.05) is 22.9 Å². The number of carbonyl (C=O) groups excluding carboxylic acids is 1. The zero-order valence-electron chi connectivity index (χ0n) is 17.9. The first-order valence-electron chi connectivity index (χ1n) is 10.5. The Bertz CT molecular complexity index is 1230. The Labute approximate surface area is 180 Å². The zero-order chi connectivity index (χ0) is 22.0. The summed E-state index contributed by atoms with van der Waals surface area (Å²) < 4.78 is 10.9. The van der Waals surface area contributed by atoms with Crippen LogP contribution in [0.4, 0.5) is 0 Å². The average Bonchev–Trinajstić information content (AvgIpc) is 3.17. The van der Waals surface area contributed by atoms with Crippen LogP contribution in [0.2, 0.25) is 0 Å². The molecule has 1 aromatic heterocycles. The van der Waals surface area contributed by atoms with Gasteiger partial charge in [0.2, 0.25) is 6.79 Å². The van der Waals surface area contributed by atoms with Gasteiger partial charge in [-0.15, -0.1) is 0 Å². The van der Waals surface area contributed by atoms with E-state index in [-0.39, 0.29) is 30.0 Å². The van der Waals surface area contributed by atoms with Crippen molar-refractivity contribution < 1.29 is 24.2 Å². The molecule has 6 nitrogen and oxygen atoms in total. The largest absolute Gasteiger partial charge is 0.478 e. The molecule has 0 unspecified atom stereocenters. The molecule has 6 heteroatoms. The molecule has 5 rings (SSSR count). The van der Waals surface area contributed by atoms with Gasteiger partial charge in [-0.3, -0.25) is 4.79 Å². The second kappa shape index (κ2) is 6.61. The predicted octanol–water partition coefficient (Wildman–Crippen LogP) is 4.74. The van der Waals surface area contributed by atoms with E-state index in [4.69, 9.17) is 9.47 Å². The molecule has 0 spiro atoms. The number of benzene rings is 2. The van der Waals surface area contributed by atoms with Gasteiger partial charge in [-0.05, 0) is 54.3 Å². The molecule has 2 heterocycles. The fourth-order valence-corrected chi connectivity index (χ4v) is 4.38. The van der Waals surface area contributed by atoms with Crippen LogP contribution < -0.4 is 9.47 Å². The summed E-state index contributed by atoms with van der Waals surface area (Å²) in [6.07, 6.45) is 1.77. The minimum absolute atomic E-state index is 0.105. The molecule has 0 amide bonds. The van der Waals surface area contributed by atoms with Gasteiger partial charge in [-0.2, -0.15) is 0 Å². The molecule has 3 aromatic rings. The molecule has 0 saturated heterocycles. The van der Waals surface area contributed by atoms with Crippen molar-refractivity contribution in [2.24, 2.45) is 0 Å². The number of nitrogens with one attached hydrogen (secondary N) is 1. The number of rotatable bonds is 5. The topological polar surface area (TPSA) is 88.6 Å². The quantitative estimate of drug-likeness (QED) is 0.624. The Morgan fingerprint density at radius 2 is 1.81 bits per heavy atom. The molecular weight excluding hydrogens is 394 g/mol. The summed E-state index contributed by atoms with van der Waals surface area (Å²) in [5.74, 6) is 0.478. The van der Waals surface area contributed by atoms with Crippen LogP contribution in [0.15, 0.2) is 36.4 Å². The monoisotopic (exact) mass is 419 g/mol. The summed E-state index contributed by atoms with van der Waals surface area (Å²) >= 11 is 0. The van der Waals surface area contributed by atoms with E-state index in [1.807, 2.05) is 30.3 Å². The highest BCUT2D eigenvalue weighted by Crippen LogP contribution is 2.51. The Morgan fingerprint density at radius 1 is 1.06 bits per heavy atom. The van der Waals surface area contributed by atoms with Crippen LogP contribution in [0, 0.1) is 0 Å². The molecule has 2 aliphatic rings. The van der Waals surface area contributed by atoms with E-state index in [0.29, 0.717) is 17.0 Å². The lowest BCUT2D eigenvalue weighted by molar-refractivity contribution is -0.120. The van der Waals surface area contributed by atoms with Gasteiger partial charge in [0.05, 0.1) is 16.5 Å². The van der Waals surface area contributed by atoms with Gasteiger partial charge in [-0.1, -0.05) is 26.8 Å². The highest BCUT2D eigenvalue weighted by Gasteiger charge is 2.50. The van der Waals surface area contributed by atoms with Crippen LogP contribution in [0.1, 0.15) is 60.8 Å². The second-order valence-electron chi connectivity index (χ2n) is 9.60. The Balaban J connectivity index is 1.48. The third-order valence-electron chi connectivity index (χ3n) is 6.40. The van der Waals surface area contributed by atoms with Gasteiger partial charge in [0.1, 0.15) is 5.78 Å². The average molecular weight is 419 g/mol. The van der Waals surface area contributed by atoms with Gasteiger partial charge in [0.25, 0.3) is 0 Å². The third-order valence-corrected chi connectivity index (χ3v) is 6.40. The zero-order valence-corrected chi connectivity index (χ0v) is 17.9. The summed E-state index contributed by atoms with van der Waals surface area (Å²) in [6.45, 7) is 6.42. The lowest BCUT2D eigenvalue weighted by Crippen LogP contribution is -2.22. The SMILES string of the molecule is CC(C)(C)c1cc2cc(CC(=O)C3(c4ccc5c(c4)OCO5)CC3)cc(C(=O)O)c2[nH]1. The van der Waals surface area contributed by atoms with Crippen LogP contribution in [0.25, 0.3) is 10.9 Å². The fourth-order valence-electron chi connectivity index (χ4n) is 4.38. The van der Waals surface area contributed by atoms with Crippen molar-refractivity contribution in [3.63, 3.8) is 0 Å². The Kier molecular flexibility index (Phi) is 4.19. The van der Waals surface area contributed by atoms with Crippen molar-refractivity contribution in [2.75, 3.05) is 6.79 Å². The van der Waals surface area contributed by atoms with Crippen LogP contribution in [0.5, 0.6) is 11.5 Å². The van der Waals surface area contributed by atoms with Gasteiger partial charge < -0.3 is 19.6 Å². The summed E-state index contributed by atoms with van der Waals surface area (Å²) in [6, 6.07) is 11.2. The minimum Gasteiger partial charge on any atom is -0.478 e. The van der Waals surface area contributed by atoms with E-state index in [2.05, 4.69) is 25.8 Å². The molecule has 2 aromatic carbocycles. The van der Waals surface area contributed by atoms with Gasteiger partial charge in [0.15, 0.2) is 11.5 Å². The molecule has 0 bridgehead atoms. The number of Topliss-reactive ketones (excluding diaryl/α,β-unsaturated/α-hetero) is 1. The van der Waals surface area contributed by atoms with Crippen molar-refractivity contribution in [1.82, 2.24) is 4.98 Å². The number of carbonyl (C=O) groups is 2. The summed E-state index contributed by atoms with van der Waals surface area (Å²) in [5.41, 5.74) is 2.78. The number of H-pyrrole nitrogens is 1. The Morgan fingerprint density at radius 3 is 2.48 bits per heavy atom. The molecule has 160 valence electrons. The molecular formula is C25H25NO5. The number of aromatic carboxylic acids is 1. The lowest BCUT2D eigenvalue weighted by Gasteiger charge is -2.16. The fraction of sp³-hybridized carbons (Fsp3) is 0.360. The Hall–Kier alpha value is -3.28. The van der Waals surface area contributed by atoms with E-state index in [1.54, 1.807) is 6.07 Å². The highest BCUT2D eigenvalue weighted by atomic mass is 16.7. The number of ether oxygens (including phenoxy) is 2. The van der Waals surface area contributed by atoms with E-state index in [1.165, 1.54) is 0 Å². The summed E-state index contributed by atoms with van der Waals surface area (Å²) in [7, 11) is 0. The molecule has 0 radical (unpaired) electrons. The van der Waals surface area contributed by atoms with Gasteiger partial charge in [-0.25, -0.2) is 4.79 Å². The number of fused-ring (bicyclic) bond motifs is 2. The van der Waals surface area contributed by atoms with Crippen molar-refractivity contribution in [3.8, 4) is 11.5 Å². The van der Waals surface area contributed by atoms with Crippen molar-refractivity contribution in [3.05, 3.63) is 58.8 Å².